The van der Waals surface area contributed by atoms with Gasteiger partial charge < -0.3 is 4.74 Å². The first-order chi connectivity index (χ1) is 17.4. The van der Waals surface area contributed by atoms with Crippen LogP contribution in [0.1, 0.15) is 54.0 Å². The van der Waals surface area contributed by atoms with E-state index >= 15 is 0 Å². The second-order valence-corrected chi connectivity index (χ2v) is 9.81. The maximum Gasteiger partial charge on any atom is 0.490 e. The third kappa shape index (κ3) is 5.80. The molecule has 1 saturated heterocycles. The quantitative estimate of drug-likeness (QED) is 0.330. The second-order valence-electron chi connectivity index (χ2n) is 9.18. The number of thiol groups is 1. The highest BCUT2D eigenvalue weighted by atomic mass is 32.1. The minimum absolute atomic E-state index is 0.0128. The van der Waals surface area contributed by atoms with E-state index in [1.165, 1.54) is 42.2 Å². The fourth-order valence-electron chi connectivity index (χ4n) is 4.49. The highest BCUT2D eigenvalue weighted by molar-refractivity contribution is 7.81. The van der Waals surface area contributed by atoms with Crippen molar-refractivity contribution in [2.75, 3.05) is 6.54 Å². The summed E-state index contributed by atoms with van der Waals surface area (Å²) in [5.74, 6) is -4.24. The van der Waals surface area contributed by atoms with Crippen LogP contribution in [0, 0.1) is 18.7 Å². The molecule has 12 heteroatoms. The van der Waals surface area contributed by atoms with Gasteiger partial charge in [0.05, 0.1) is 5.69 Å². The molecule has 2 fully saturated rings. The number of alkyl halides is 3. The molecule has 0 bridgehead atoms. The Morgan fingerprint density at radius 3 is 2.43 bits per heavy atom. The van der Waals surface area contributed by atoms with Crippen LogP contribution in [0.3, 0.4) is 0 Å². The van der Waals surface area contributed by atoms with Crippen molar-refractivity contribution in [3.8, 4) is 0 Å². The first-order valence-corrected chi connectivity index (χ1v) is 12.2. The van der Waals surface area contributed by atoms with Crippen LogP contribution in [-0.2, 0) is 14.3 Å². The Kier molecular flexibility index (Phi) is 7.61. The molecule has 7 nitrogen and oxygen atoms in total. The zero-order chi connectivity index (χ0) is 27.1. The summed E-state index contributed by atoms with van der Waals surface area (Å²) in [6.07, 6.45) is -4.15. The third-order valence-electron chi connectivity index (χ3n) is 6.38. The van der Waals surface area contributed by atoms with Crippen LogP contribution >= 0.6 is 12.6 Å². The molecule has 1 saturated carbocycles. The lowest BCUT2D eigenvalue weighted by atomic mass is 9.92. The van der Waals surface area contributed by atoms with Gasteiger partial charge in [0.15, 0.2) is 12.0 Å². The molecule has 0 N–H and O–H groups in total. The number of benzene rings is 1. The number of esters is 1. The van der Waals surface area contributed by atoms with E-state index < -0.39 is 35.5 Å². The average molecular weight is 540 g/mol. The molecule has 0 amide bonds. The molecule has 1 aliphatic carbocycles. The number of carbonyl (C=O) groups is 3. The number of hydrogen-bond acceptors (Lipinski definition) is 7. The summed E-state index contributed by atoms with van der Waals surface area (Å²) >= 11 is 4.51. The van der Waals surface area contributed by atoms with Gasteiger partial charge in [-0.15, -0.1) is 0 Å². The maximum absolute atomic E-state index is 14.9. The van der Waals surface area contributed by atoms with Gasteiger partial charge >= 0.3 is 12.1 Å². The molecule has 2 heterocycles. The molecular formula is C25H25F4N3O4S. The molecule has 37 heavy (non-hydrogen) atoms. The van der Waals surface area contributed by atoms with Crippen LogP contribution in [-0.4, -0.2) is 56.5 Å². The lowest BCUT2D eigenvalue weighted by Gasteiger charge is -2.43. The van der Waals surface area contributed by atoms with Gasteiger partial charge in [0.25, 0.3) is 0 Å². The van der Waals surface area contributed by atoms with Crippen molar-refractivity contribution in [3.63, 3.8) is 0 Å². The summed E-state index contributed by atoms with van der Waals surface area (Å²) in [6, 6.07) is 5.80. The Balaban J connectivity index is 1.83. The fourth-order valence-corrected chi connectivity index (χ4v) is 4.81. The summed E-state index contributed by atoms with van der Waals surface area (Å²) < 4.78 is 60.9. The predicted octanol–water partition coefficient (Wildman–Crippen LogP) is 4.53. The van der Waals surface area contributed by atoms with Crippen molar-refractivity contribution in [1.82, 2.24) is 14.7 Å². The van der Waals surface area contributed by atoms with E-state index in [1.54, 1.807) is 13.0 Å². The largest absolute Gasteiger partial charge is 0.490 e. The standard InChI is InChI=1S/C25H25F4N3O4S/c1-13-11-16(30-32(13)14(2)33)12-18-20(37)9-10-31(23(18)36-24(35)25(27,28)29)21(22(34)15-7-8-15)17-5-3-4-6-19(17)26/h3-6,11-12,15,20-21,23,37H,7-10H2,1-2H3/b18-12-. The summed E-state index contributed by atoms with van der Waals surface area (Å²) in [6.45, 7) is 2.95. The van der Waals surface area contributed by atoms with E-state index in [9.17, 15) is 31.9 Å². The van der Waals surface area contributed by atoms with Crippen LogP contribution in [0.15, 0.2) is 35.9 Å². The van der Waals surface area contributed by atoms with E-state index in [1.807, 2.05) is 0 Å². The Morgan fingerprint density at radius 1 is 1.19 bits per heavy atom. The van der Waals surface area contributed by atoms with Crippen molar-refractivity contribution < 1.29 is 36.7 Å². The fraction of sp³-hybridized carbons (Fsp3) is 0.440. The van der Waals surface area contributed by atoms with Crippen LogP contribution in [0.4, 0.5) is 17.6 Å². The first kappa shape index (κ1) is 27.1. The zero-order valence-electron chi connectivity index (χ0n) is 20.0. The normalized spacial score (nSPS) is 22.6. The number of nitrogens with zero attached hydrogens (tertiary/aromatic N) is 3. The van der Waals surface area contributed by atoms with Crippen molar-refractivity contribution in [1.29, 1.82) is 0 Å². The monoisotopic (exact) mass is 539 g/mol. The number of ether oxygens (including phenoxy) is 1. The molecule has 198 valence electrons. The van der Waals surface area contributed by atoms with Gasteiger partial charge in [0.1, 0.15) is 11.9 Å². The van der Waals surface area contributed by atoms with Crippen LogP contribution in [0.25, 0.3) is 6.08 Å². The van der Waals surface area contributed by atoms with E-state index in [0.717, 1.165) is 4.68 Å². The lowest BCUT2D eigenvalue weighted by Crippen LogP contribution is -2.52. The van der Waals surface area contributed by atoms with Crippen molar-refractivity contribution >= 4 is 36.4 Å². The van der Waals surface area contributed by atoms with Gasteiger partial charge in [-0.25, -0.2) is 13.9 Å². The number of hydrogen-bond donors (Lipinski definition) is 1. The summed E-state index contributed by atoms with van der Waals surface area (Å²) in [7, 11) is 0. The Hall–Kier alpha value is -2.99. The number of halogens is 4. The van der Waals surface area contributed by atoms with Crippen molar-refractivity contribution in [3.05, 3.63) is 58.7 Å². The molecule has 0 radical (unpaired) electrons. The topological polar surface area (TPSA) is 81.5 Å². The van der Waals surface area contributed by atoms with Gasteiger partial charge in [0.2, 0.25) is 5.91 Å². The van der Waals surface area contributed by atoms with Gasteiger partial charge in [-0.1, -0.05) is 18.2 Å². The molecule has 1 aromatic heterocycles. The molecule has 1 aromatic carbocycles. The van der Waals surface area contributed by atoms with Crippen LogP contribution < -0.4 is 0 Å². The third-order valence-corrected chi connectivity index (χ3v) is 6.94. The van der Waals surface area contributed by atoms with Gasteiger partial charge in [-0.05, 0) is 44.4 Å². The molecule has 4 rings (SSSR count). The maximum atomic E-state index is 14.9. The SMILES string of the molecule is CC(=O)n1nc(/C=C2/C(S)CCN(C(C(=O)C3CC3)c3ccccc3F)C2OC(=O)C(F)(F)F)cc1C. The van der Waals surface area contributed by atoms with E-state index in [4.69, 9.17) is 4.74 Å². The number of ketones is 1. The Bertz CT molecular complexity index is 1250. The number of piperidine rings is 1. The van der Waals surface area contributed by atoms with Gasteiger partial charge in [-0.2, -0.15) is 30.9 Å². The second kappa shape index (κ2) is 10.4. The molecule has 3 unspecified atom stereocenters. The first-order valence-electron chi connectivity index (χ1n) is 11.7. The summed E-state index contributed by atoms with van der Waals surface area (Å²) in [4.78, 5) is 38.5. The van der Waals surface area contributed by atoms with Gasteiger partial charge in [0, 0.05) is 41.5 Å². The number of carbonyl (C=O) groups excluding carboxylic acids is 3. The van der Waals surface area contributed by atoms with E-state index in [2.05, 4.69) is 17.7 Å². The highest BCUT2D eigenvalue weighted by Crippen LogP contribution is 2.42. The molecule has 1 aliphatic heterocycles. The van der Waals surface area contributed by atoms with E-state index in [0.29, 0.717) is 18.5 Å². The minimum Gasteiger partial charge on any atom is -0.436 e. The smallest absolute Gasteiger partial charge is 0.436 e. The number of likely N-dealkylation sites (tertiary alicyclic amines) is 1. The molecule has 2 aromatic rings. The number of aromatic nitrogens is 2. The lowest BCUT2D eigenvalue weighted by molar-refractivity contribution is -0.212. The van der Waals surface area contributed by atoms with Crippen molar-refractivity contribution in [2.45, 2.75) is 56.8 Å². The van der Waals surface area contributed by atoms with Gasteiger partial charge in [-0.3, -0.25) is 14.5 Å². The summed E-state index contributed by atoms with van der Waals surface area (Å²) in [5, 5.41) is 3.50. The Morgan fingerprint density at radius 2 is 1.86 bits per heavy atom. The zero-order valence-corrected chi connectivity index (χ0v) is 20.9. The molecule has 0 spiro atoms. The van der Waals surface area contributed by atoms with E-state index in [-0.39, 0.29) is 47.4 Å². The van der Waals surface area contributed by atoms with Crippen LogP contribution in [0.5, 0.6) is 0 Å². The summed E-state index contributed by atoms with van der Waals surface area (Å²) in [5.41, 5.74) is 0.832. The number of rotatable bonds is 6. The minimum atomic E-state index is -5.30. The number of Topliss-reactive ketones (excluding diaryl/α,β-unsaturated/α-hetero) is 1. The Labute approximate surface area is 215 Å². The molecular weight excluding hydrogens is 514 g/mol. The molecule has 3 atom stereocenters. The number of aryl methyl sites for hydroxylation is 1. The highest BCUT2D eigenvalue weighted by Gasteiger charge is 2.49. The molecule has 2 aliphatic rings. The van der Waals surface area contributed by atoms with Crippen LogP contribution in [0.2, 0.25) is 0 Å². The average Bonchev–Trinajstić information content (AvgIpc) is 3.60. The van der Waals surface area contributed by atoms with Crippen molar-refractivity contribution in [2.24, 2.45) is 5.92 Å². The predicted molar refractivity (Wildman–Crippen MR) is 128 cm³/mol.